The van der Waals surface area contributed by atoms with Crippen molar-refractivity contribution in [1.29, 1.82) is 0 Å². The van der Waals surface area contributed by atoms with Crippen LogP contribution in [0.15, 0.2) is 24.4 Å². The number of hydrogen-bond donors (Lipinski definition) is 0. The highest BCUT2D eigenvalue weighted by atomic mass is 32.3. The van der Waals surface area contributed by atoms with Crippen molar-refractivity contribution in [3.05, 3.63) is 30.1 Å². The molecular formula is C7H6F3NO5S2. The molecule has 0 amide bonds. The Kier molecular flexibility index (Phi) is 3.98. The van der Waals surface area contributed by atoms with Gasteiger partial charge in [-0.2, -0.15) is 30.0 Å². The summed E-state index contributed by atoms with van der Waals surface area (Å²) >= 11 is 0. The molecule has 1 aromatic heterocycles. The highest BCUT2D eigenvalue weighted by Gasteiger charge is 2.50. The van der Waals surface area contributed by atoms with Gasteiger partial charge in [-0.15, -0.1) is 3.63 Å². The maximum absolute atomic E-state index is 11.9. The normalized spacial score (nSPS) is 13.5. The molecule has 0 bridgehead atoms. The van der Waals surface area contributed by atoms with Crippen LogP contribution in [0.2, 0.25) is 0 Å². The lowest BCUT2D eigenvalue weighted by Crippen LogP contribution is -2.28. The molecule has 6 nitrogen and oxygen atoms in total. The Morgan fingerprint density at radius 1 is 1.17 bits per heavy atom. The average Bonchev–Trinajstić information content (AvgIpc) is 2.14. The van der Waals surface area contributed by atoms with Crippen molar-refractivity contribution in [3.63, 3.8) is 0 Å². The van der Waals surface area contributed by atoms with Gasteiger partial charge < -0.3 is 0 Å². The number of alkyl halides is 3. The number of rotatable bonds is 4. The molecule has 0 atom stereocenters. The molecule has 0 aliphatic carbocycles. The van der Waals surface area contributed by atoms with E-state index in [4.69, 9.17) is 0 Å². The smallest absolute Gasteiger partial charge is 0.260 e. The summed E-state index contributed by atoms with van der Waals surface area (Å²) in [4.78, 5) is 3.52. The Bertz CT molecular complexity index is 608. The second-order valence-electron chi connectivity index (χ2n) is 2.99. The van der Waals surface area contributed by atoms with Gasteiger partial charge in [-0.25, -0.2) is 0 Å². The van der Waals surface area contributed by atoms with E-state index in [1.807, 2.05) is 0 Å². The van der Waals surface area contributed by atoms with Crippen LogP contribution in [-0.2, 0) is 29.6 Å². The van der Waals surface area contributed by atoms with Crippen LogP contribution in [0.4, 0.5) is 13.2 Å². The van der Waals surface area contributed by atoms with Crippen molar-refractivity contribution in [2.24, 2.45) is 0 Å². The topological polar surface area (TPSA) is 90.4 Å². The third kappa shape index (κ3) is 3.92. The van der Waals surface area contributed by atoms with Crippen LogP contribution in [0.3, 0.4) is 0 Å². The SMILES string of the molecule is O=S(=O)(Cc1ccccn1)OS(=O)(=O)C(F)(F)F. The summed E-state index contributed by atoms with van der Waals surface area (Å²) in [6.45, 7) is 0. The summed E-state index contributed by atoms with van der Waals surface area (Å²) < 4.78 is 82.2. The number of hydrogen-bond acceptors (Lipinski definition) is 6. The maximum atomic E-state index is 11.9. The summed E-state index contributed by atoms with van der Waals surface area (Å²) in [5.74, 6) is -1.08. The third-order valence-corrected chi connectivity index (χ3v) is 4.29. The minimum absolute atomic E-state index is 0.144. The monoisotopic (exact) mass is 305 g/mol. The van der Waals surface area contributed by atoms with E-state index in [-0.39, 0.29) is 5.69 Å². The van der Waals surface area contributed by atoms with Gasteiger partial charge in [-0.1, -0.05) is 6.07 Å². The number of halogens is 3. The highest BCUT2D eigenvalue weighted by molar-refractivity contribution is 7.99. The Labute approximate surface area is 101 Å². The van der Waals surface area contributed by atoms with Gasteiger partial charge in [-0.05, 0) is 12.1 Å². The molecule has 1 heterocycles. The summed E-state index contributed by atoms with van der Waals surface area (Å²) in [5, 5.41) is 0. The van der Waals surface area contributed by atoms with Crippen molar-refractivity contribution in [2.75, 3.05) is 0 Å². The summed E-state index contributed by atoms with van der Waals surface area (Å²) in [6, 6.07) is 4.03. The van der Waals surface area contributed by atoms with Gasteiger partial charge in [0.25, 0.3) is 10.1 Å². The molecule has 0 N–H and O–H groups in total. The Morgan fingerprint density at radius 2 is 1.78 bits per heavy atom. The fourth-order valence-electron chi connectivity index (χ4n) is 0.864. The first-order chi connectivity index (χ1) is 8.04. The molecule has 11 heteroatoms. The van der Waals surface area contributed by atoms with E-state index in [9.17, 15) is 30.0 Å². The minimum Gasteiger partial charge on any atom is -0.260 e. The van der Waals surface area contributed by atoms with E-state index in [1.165, 1.54) is 24.4 Å². The van der Waals surface area contributed by atoms with E-state index in [2.05, 4.69) is 8.61 Å². The second-order valence-corrected chi connectivity index (χ2v) is 6.31. The third-order valence-electron chi connectivity index (χ3n) is 1.53. The van der Waals surface area contributed by atoms with Gasteiger partial charge in [0.2, 0.25) is 0 Å². The van der Waals surface area contributed by atoms with E-state index in [0.717, 1.165) is 0 Å². The highest BCUT2D eigenvalue weighted by Crippen LogP contribution is 2.26. The van der Waals surface area contributed by atoms with Crippen molar-refractivity contribution < 1.29 is 33.6 Å². The Hall–Kier alpha value is -1.20. The number of pyridine rings is 1. The molecule has 0 aromatic carbocycles. The Morgan fingerprint density at radius 3 is 2.22 bits per heavy atom. The largest absolute Gasteiger partial charge is 0.524 e. The van der Waals surface area contributed by atoms with Crippen molar-refractivity contribution in [3.8, 4) is 0 Å². The zero-order valence-corrected chi connectivity index (χ0v) is 10.1. The first-order valence-electron chi connectivity index (χ1n) is 4.18. The summed E-state index contributed by atoms with van der Waals surface area (Å²) in [5.41, 5.74) is -5.95. The lowest BCUT2D eigenvalue weighted by molar-refractivity contribution is -0.0498. The molecule has 0 aliphatic rings. The van der Waals surface area contributed by atoms with Gasteiger partial charge in [0, 0.05) is 6.20 Å². The molecule has 1 rings (SSSR count). The quantitative estimate of drug-likeness (QED) is 0.763. The standard InChI is InChI=1S/C7H6F3NO5S2/c8-7(9,10)18(14,15)16-17(12,13)5-6-3-1-2-4-11-6/h1-4H,5H2. The molecule has 0 fully saturated rings. The molecule has 0 unspecified atom stereocenters. The van der Waals surface area contributed by atoms with E-state index in [1.54, 1.807) is 0 Å². The number of aromatic nitrogens is 1. The molecule has 0 saturated carbocycles. The van der Waals surface area contributed by atoms with E-state index < -0.39 is 31.5 Å². The van der Waals surface area contributed by atoms with Crippen LogP contribution in [-0.4, -0.2) is 27.3 Å². The lowest BCUT2D eigenvalue weighted by Gasteiger charge is -2.08. The van der Waals surface area contributed by atoms with Crippen LogP contribution >= 0.6 is 0 Å². The first-order valence-corrected chi connectivity index (χ1v) is 7.17. The zero-order valence-electron chi connectivity index (χ0n) is 8.46. The molecule has 0 radical (unpaired) electrons. The molecule has 18 heavy (non-hydrogen) atoms. The Balaban J connectivity index is 2.92. The first kappa shape index (κ1) is 14.9. The minimum atomic E-state index is -6.19. The summed E-state index contributed by atoms with van der Waals surface area (Å²) in [7, 11) is -11.1. The average molecular weight is 305 g/mol. The molecule has 1 aromatic rings. The van der Waals surface area contributed by atoms with Gasteiger partial charge in [0.15, 0.2) is 0 Å². The van der Waals surface area contributed by atoms with Gasteiger partial charge in [0.1, 0.15) is 5.75 Å². The van der Waals surface area contributed by atoms with Crippen LogP contribution in [0.5, 0.6) is 0 Å². The molecule has 0 aliphatic heterocycles. The van der Waals surface area contributed by atoms with Crippen LogP contribution in [0, 0.1) is 0 Å². The molecule has 102 valence electrons. The van der Waals surface area contributed by atoms with Crippen molar-refractivity contribution in [2.45, 2.75) is 11.3 Å². The fourth-order valence-corrected chi connectivity index (χ4v) is 2.99. The lowest BCUT2D eigenvalue weighted by atomic mass is 10.4. The summed E-state index contributed by atoms with van der Waals surface area (Å²) in [6.07, 6.45) is 1.20. The molecular weight excluding hydrogens is 299 g/mol. The molecule has 0 spiro atoms. The molecule has 0 saturated heterocycles. The second kappa shape index (κ2) is 4.82. The van der Waals surface area contributed by atoms with Crippen LogP contribution in [0.1, 0.15) is 5.69 Å². The number of nitrogens with zero attached hydrogens (tertiary/aromatic N) is 1. The predicted molar refractivity (Wildman–Crippen MR) is 52.9 cm³/mol. The fraction of sp³-hybridized carbons (Fsp3) is 0.286. The van der Waals surface area contributed by atoms with Gasteiger partial charge in [0.05, 0.1) is 5.69 Å². The van der Waals surface area contributed by atoms with Crippen LogP contribution in [0.25, 0.3) is 0 Å². The van der Waals surface area contributed by atoms with Gasteiger partial charge >= 0.3 is 15.6 Å². The van der Waals surface area contributed by atoms with Crippen molar-refractivity contribution in [1.82, 2.24) is 4.98 Å². The zero-order chi connectivity index (χ0) is 14.0. The predicted octanol–water partition coefficient (Wildman–Crippen LogP) is 0.778. The van der Waals surface area contributed by atoms with E-state index >= 15 is 0 Å². The van der Waals surface area contributed by atoms with Crippen LogP contribution < -0.4 is 0 Å². The van der Waals surface area contributed by atoms with E-state index in [0.29, 0.717) is 0 Å². The maximum Gasteiger partial charge on any atom is 0.524 e. The van der Waals surface area contributed by atoms with Gasteiger partial charge in [-0.3, -0.25) is 4.98 Å². The van der Waals surface area contributed by atoms with Crippen molar-refractivity contribution >= 4 is 20.2 Å².